The van der Waals surface area contributed by atoms with Crippen LogP contribution in [0, 0.1) is 10.1 Å². The van der Waals surface area contributed by atoms with E-state index in [4.69, 9.17) is 0 Å². The number of aromatic nitrogens is 2. The van der Waals surface area contributed by atoms with E-state index in [-0.39, 0.29) is 36.6 Å². The van der Waals surface area contributed by atoms with E-state index in [0.717, 1.165) is 25.7 Å². The Morgan fingerprint density at radius 3 is 3.00 bits per heavy atom. The van der Waals surface area contributed by atoms with Gasteiger partial charge < -0.3 is 10.2 Å². The van der Waals surface area contributed by atoms with E-state index in [1.165, 1.54) is 10.9 Å². The van der Waals surface area contributed by atoms with Gasteiger partial charge in [0.15, 0.2) is 0 Å². The molecule has 106 valence electrons. The van der Waals surface area contributed by atoms with Crippen molar-refractivity contribution in [2.45, 2.75) is 19.0 Å². The number of carbonyl (C=O) groups excluding carboxylic acids is 1. The highest BCUT2D eigenvalue weighted by molar-refractivity contribution is 5.85. The van der Waals surface area contributed by atoms with Crippen molar-refractivity contribution in [1.29, 1.82) is 0 Å². The molecule has 1 aromatic rings. The number of carbonyl (C=O) groups is 1. The smallest absolute Gasteiger partial charge is 0.307 e. The molecule has 0 radical (unpaired) electrons. The molecule has 2 rings (SSSR count). The number of hydrogen-bond acceptors (Lipinski definition) is 5. The minimum absolute atomic E-state index is 0. The van der Waals surface area contributed by atoms with Gasteiger partial charge in [0.2, 0.25) is 5.91 Å². The summed E-state index contributed by atoms with van der Waals surface area (Å²) in [5.74, 6) is -0.0957. The molecule has 8 nitrogen and oxygen atoms in total. The molecule has 1 aromatic heterocycles. The van der Waals surface area contributed by atoms with Crippen LogP contribution in [0.3, 0.4) is 0 Å². The van der Waals surface area contributed by atoms with Crippen molar-refractivity contribution in [3.05, 3.63) is 22.5 Å². The Kier molecular flexibility index (Phi) is 5.25. The van der Waals surface area contributed by atoms with E-state index in [9.17, 15) is 14.9 Å². The van der Waals surface area contributed by atoms with Crippen LogP contribution >= 0.6 is 12.4 Å². The zero-order valence-electron chi connectivity index (χ0n) is 10.5. The highest BCUT2D eigenvalue weighted by Gasteiger charge is 2.23. The third-order valence-corrected chi connectivity index (χ3v) is 3.10. The van der Waals surface area contributed by atoms with Crippen LogP contribution in [-0.2, 0) is 11.3 Å². The first-order chi connectivity index (χ1) is 8.58. The maximum Gasteiger partial charge on any atom is 0.307 e. The average molecular weight is 290 g/mol. The van der Waals surface area contributed by atoms with Crippen molar-refractivity contribution >= 4 is 24.0 Å². The first-order valence-corrected chi connectivity index (χ1v) is 5.71. The number of rotatable bonds is 4. The van der Waals surface area contributed by atoms with Gasteiger partial charge in [-0.2, -0.15) is 5.10 Å². The Bertz CT molecular complexity index is 458. The molecule has 0 aromatic carbocycles. The Labute approximate surface area is 116 Å². The molecular weight excluding hydrogens is 274 g/mol. The summed E-state index contributed by atoms with van der Waals surface area (Å²) in [6, 6.07) is 0.197. The molecule has 1 amide bonds. The van der Waals surface area contributed by atoms with Gasteiger partial charge in [0, 0.05) is 19.6 Å². The number of hydrogen-bond donors (Lipinski definition) is 1. The molecule has 1 aliphatic rings. The molecule has 1 unspecified atom stereocenters. The van der Waals surface area contributed by atoms with E-state index >= 15 is 0 Å². The lowest BCUT2D eigenvalue weighted by molar-refractivity contribution is -0.385. The third kappa shape index (κ3) is 3.65. The van der Waals surface area contributed by atoms with Gasteiger partial charge in [-0.1, -0.05) is 0 Å². The fraction of sp³-hybridized carbons (Fsp3) is 0.600. The highest BCUT2D eigenvalue weighted by Crippen LogP contribution is 2.10. The second-order valence-corrected chi connectivity index (χ2v) is 4.30. The van der Waals surface area contributed by atoms with Crippen LogP contribution in [-0.4, -0.2) is 51.7 Å². The number of halogens is 1. The molecule has 1 fully saturated rings. The van der Waals surface area contributed by atoms with Gasteiger partial charge in [0.05, 0.1) is 4.92 Å². The Hall–Kier alpha value is -1.67. The lowest BCUT2D eigenvalue weighted by Gasteiger charge is -2.23. The summed E-state index contributed by atoms with van der Waals surface area (Å²) in [6.07, 6.45) is 3.34. The van der Waals surface area contributed by atoms with Gasteiger partial charge in [0.1, 0.15) is 18.9 Å². The molecule has 19 heavy (non-hydrogen) atoms. The van der Waals surface area contributed by atoms with Gasteiger partial charge in [0.25, 0.3) is 0 Å². The summed E-state index contributed by atoms with van der Waals surface area (Å²) < 4.78 is 1.29. The van der Waals surface area contributed by atoms with Crippen molar-refractivity contribution in [1.82, 2.24) is 20.0 Å². The number of likely N-dealkylation sites (N-methyl/N-ethyl adjacent to an activating group) is 1. The lowest BCUT2D eigenvalue weighted by Crippen LogP contribution is -2.40. The minimum atomic E-state index is -0.529. The first kappa shape index (κ1) is 15.4. The zero-order valence-corrected chi connectivity index (χ0v) is 11.3. The normalized spacial score (nSPS) is 17.8. The second kappa shape index (κ2) is 6.48. The number of nitrogens with one attached hydrogen (secondary N) is 1. The van der Waals surface area contributed by atoms with Gasteiger partial charge >= 0.3 is 5.69 Å². The predicted octanol–water partition coefficient (Wildman–Crippen LogP) is 0.0334. The Balaban J connectivity index is 0.00000180. The summed E-state index contributed by atoms with van der Waals surface area (Å²) in [6.45, 7) is 1.73. The van der Waals surface area contributed by atoms with Crippen molar-refractivity contribution in [3.63, 3.8) is 0 Å². The first-order valence-electron chi connectivity index (χ1n) is 5.71. The highest BCUT2D eigenvalue weighted by atomic mass is 35.5. The molecule has 9 heteroatoms. The van der Waals surface area contributed by atoms with Gasteiger partial charge in [-0.25, -0.2) is 0 Å². The SMILES string of the molecule is CN(C(=O)Cn1cc([N+](=O)[O-])cn1)C1CCNC1.Cl. The van der Waals surface area contributed by atoms with Crippen LogP contribution in [0.15, 0.2) is 12.4 Å². The fourth-order valence-electron chi connectivity index (χ4n) is 1.96. The lowest BCUT2D eigenvalue weighted by atomic mass is 10.2. The third-order valence-electron chi connectivity index (χ3n) is 3.10. The number of amides is 1. The summed E-state index contributed by atoms with van der Waals surface area (Å²) >= 11 is 0. The van der Waals surface area contributed by atoms with Crippen LogP contribution in [0.5, 0.6) is 0 Å². The Morgan fingerprint density at radius 1 is 1.74 bits per heavy atom. The molecule has 0 aliphatic carbocycles. The Morgan fingerprint density at radius 2 is 2.47 bits per heavy atom. The maximum absolute atomic E-state index is 11.9. The summed E-state index contributed by atoms with van der Waals surface area (Å²) in [7, 11) is 1.75. The molecule has 2 heterocycles. The second-order valence-electron chi connectivity index (χ2n) is 4.30. The largest absolute Gasteiger partial charge is 0.340 e. The average Bonchev–Trinajstić information content (AvgIpc) is 2.98. The molecule has 0 saturated carbocycles. The zero-order chi connectivity index (χ0) is 13.1. The molecule has 0 bridgehead atoms. The number of nitro groups is 1. The van der Waals surface area contributed by atoms with E-state index in [1.54, 1.807) is 11.9 Å². The topological polar surface area (TPSA) is 93.3 Å². The van der Waals surface area contributed by atoms with E-state index in [2.05, 4.69) is 10.4 Å². The van der Waals surface area contributed by atoms with E-state index < -0.39 is 4.92 Å². The van der Waals surface area contributed by atoms with Gasteiger partial charge in [-0.15, -0.1) is 12.4 Å². The summed E-state index contributed by atoms with van der Waals surface area (Å²) in [5.41, 5.74) is -0.104. The minimum Gasteiger partial charge on any atom is -0.340 e. The van der Waals surface area contributed by atoms with Crippen LogP contribution in [0.4, 0.5) is 5.69 Å². The summed E-state index contributed by atoms with van der Waals surface area (Å²) in [5, 5.41) is 17.5. The van der Waals surface area contributed by atoms with Crippen molar-refractivity contribution in [2.75, 3.05) is 20.1 Å². The predicted molar refractivity (Wildman–Crippen MR) is 70.2 cm³/mol. The monoisotopic (exact) mass is 289 g/mol. The quantitative estimate of drug-likeness (QED) is 0.624. The van der Waals surface area contributed by atoms with Crippen LogP contribution < -0.4 is 5.32 Å². The molecule has 1 atom stereocenters. The molecule has 0 spiro atoms. The van der Waals surface area contributed by atoms with Gasteiger partial charge in [-0.3, -0.25) is 19.6 Å². The van der Waals surface area contributed by atoms with E-state index in [1.807, 2.05) is 0 Å². The maximum atomic E-state index is 11.9. The van der Waals surface area contributed by atoms with Crippen LogP contribution in [0.1, 0.15) is 6.42 Å². The van der Waals surface area contributed by atoms with E-state index in [0.29, 0.717) is 0 Å². The fourth-order valence-corrected chi connectivity index (χ4v) is 1.96. The van der Waals surface area contributed by atoms with Crippen LogP contribution in [0.2, 0.25) is 0 Å². The van der Waals surface area contributed by atoms with Crippen molar-refractivity contribution in [3.8, 4) is 0 Å². The molecule has 1 N–H and O–H groups in total. The molecule has 1 saturated heterocycles. The van der Waals surface area contributed by atoms with Crippen molar-refractivity contribution in [2.24, 2.45) is 0 Å². The standard InChI is InChI=1S/C10H15N5O3.ClH/c1-13(8-2-3-11-4-8)10(16)7-14-6-9(5-12-14)15(17)18;/h5-6,8,11H,2-4,7H2,1H3;1H. The van der Waals surface area contributed by atoms with Crippen molar-refractivity contribution < 1.29 is 9.72 Å². The van der Waals surface area contributed by atoms with Crippen LogP contribution in [0.25, 0.3) is 0 Å². The summed E-state index contributed by atoms with van der Waals surface area (Å²) in [4.78, 5) is 23.6. The van der Waals surface area contributed by atoms with Gasteiger partial charge in [-0.05, 0) is 13.0 Å². The number of nitrogens with zero attached hydrogens (tertiary/aromatic N) is 4. The molecular formula is C10H16ClN5O3. The molecule has 1 aliphatic heterocycles.